The number of carbonyl (C=O) groups is 1. The quantitative estimate of drug-likeness (QED) is 0.862. The molecule has 2 N–H and O–H groups in total. The molecule has 6 heteroatoms. The van der Waals surface area contributed by atoms with E-state index in [0.29, 0.717) is 26.2 Å². The van der Waals surface area contributed by atoms with E-state index in [2.05, 4.69) is 4.90 Å². The van der Waals surface area contributed by atoms with Crippen LogP contribution in [0, 0.1) is 0 Å². The van der Waals surface area contributed by atoms with E-state index >= 15 is 0 Å². The van der Waals surface area contributed by atoms with Crippen molar-refractivity contribution in [2.45, 2.75) is 25.0 Å². The number of piperazine rings is 1. The standard InChI is InChI=1S/C16H22N2O4/c1-22-12-3-4-13-11(10-12)2-5-14(19)15(13)17-6-8-18(9-7-17)16(20)21/h3-4,10,14-15,19H,2,5-9H2,1H3,(H,20,21). The highest BCUT2D eigenvalue weighted by Crippen LogP contribution is 2.36. The molecule has 0 radical (unpaired) electrons. The van der Waals surface area contributed by atoms with E-state index in [1.807, 2.05) is 18.2 Å². The highest BCUT2D eigenvalue weighted by molar-refractivity contribution is 5.65. The molecule has 120 valence electrons. The third-order valence-corrected chi connectivity index (χ3v) is 4.72. The van der Waals surface area contributed by atoms with Crippen molar-refractivity contribution < 1.29 is 19.7 Å². The Kier molecular flexibility index (Phi) is 4.22. The molecule has 1 aromatic rings. The predicted octanol–water partition coefficient (Wildman–Crippen LogP) is 1.34. The summed E-state index contributed by atoms with van der Waals surface area (Å²) in [7, 11) is 1.65. The first-order chi connectivity index (χ1) is 10.6. The van der Waals surface area contributed by atoms with Crippen molar-refractivity contribution in [3.63, 3.8) is 0 Å². The average molecular weight is 306 g/mol. The van der Waals surface area contributed by atoms with Gasteiger partial charge in [0.25, 0.3) is 0 Å². The smallest absolute Gasteiger partial charge is 0.407 e. The molecule has 1 fully saturated rings. The maximum Gasteiger partial charge on any atom is 0.407 e. The molecule has 1 aliphatic heterocycles. The van der Waals surface area contributed by atoms with Crippen LogP contribution in [-0.4, -0.2) is 65.5 Å². The van der Waals surface area contributed by atoms with Crippen LogP contribution in [0.3, 0.4) is 0 Å². The molecule has 1 saturated heterocycles. The predicted molar refractivity (Wildman–Crippen MR) is 81.2 cm³/mol. The summed E-state index contributed by atoms with van der Waals surface area (Å²) in [5, 5.41) is 19.5. The lowest BCUT2D eigenvalue weighted by atomic mass is 9.84. The number of fused-ring (bicyclic) bond motifs is 1. The van der Waals surface area contributed by atoms with Crippen molar-refractivity contribution in [3.8, 4) is 5.75 Å². The Morgan fingerprint density at radius 2 is 2.00 bits per heavy atom. The third kappa shape index (κ3) is 2.76. The number of hydrogen-bond donors (Lipinski definition) is 2. The van der Waals surface area contributed by atoms with Gasteiger partial charge < -0.3 is 19.8 Å². The molecule has 3 rings (SSSR count). The number of aliphatic hydroxyl groups excluding tert-OH is 1. The van der Waals surface area contributed by atoms with Crippen molar-refractivity contribution >= 4 is 6.09 Å². The van der Waals surface area contributed by atoms with Gasteiger partial charge in [-0.1, -0.05) is 6.07 Å². The number of ether oxygens (including phenoxy) is 1. The normalized spacial score (nSPS) is 25.6. The third-order valence-electron chi connectivity index (χ3n) is 4.72. The number of aliphatic hydroxyl groups is 1. The minimum absolute atomic E-state index is 0.0504. The maximum absolute atomic E-state index is 11.0. The van der Waals surface area contributed by atoms with Gasteiger partial charge in [0.05, 0.1) is 19.3 Å². The number of rotatable bonds is 2. The second-order valence-corrected chi connectivity index (χ2v) is 5.92. The zero-order valence-corrected chi connectivity index (χ0v) is 12.7. The summed E-state index contributed by atoms with van der Waals surface area (Å²) in [6, 6.07) is 5.95. The molecule has 2 unspecified atom stereocenters. The van der Waals surface area contributed by atoms with Crippen LogP contribution in [-0.2, 0) is 6.42 Å². The van der Waals surface area contributed by atoms with Crippen molar-refractivity contribution in [2.24, 2.45) is 0 Å². The molecule has 1 amide bonds. The monoisotopic (exact) mass is 306 g/mol. The summed E-state index contributed by atoms with van der Waals surface area (Å²) in [4.78, 5) is 14.6. The molecular formula is C16H22N2O4. The van der Waals surface area contributed by atoms with Crippen LogP contribution in [0.1, 0.15) is 23.6 Å². The Labute approximate surface area is 129 Å². The first kappa shape index (κ1) is 15.1. The van der Waals surface area contributed by atoms with E-state index in [1.165, 1.54) is 10.5 Å². The van der Waals surface area contributed by atoms with E-state index < -0.39 is 12.2 Å². The van der Waals surface area contributed by atoms with Gasteiger partial charge in [-0.3, -0.25) is 4.90 Å². The molecule has 0 bridgehead atoms. The molecular weight excluding hydrogens is 284 g/mol. The summed E-state index contributed by atoms with van der Waals surface area (Å²) in [5.74, 6) is 0.838. The lowest BCUT2D eigenvalue weighted by molar-refractivity contribution is 0.0106. The Balaban J connectivity index is 1.81. The minimum atomic E-state index is -0.867. The summed E-state index contributed by atoms with van der Waals surface area (Å²) >= 11 is 0. The van der Waals surface area contributed by atoms with Crippen molar-refractivity contribution in [1.29, 1.82) is 0 Å². The number of amides is 1. The first-order valence-electron chi connectivity index (χ1n) is 7.67. The van der Waals surface area contributed by atoms with Crippen LogP contribution >= 0.6 is 0 Å². The second kappa shape index (κ2) is 6.14. The lowest BCUT2D eigenvalue weighted by Gasteiger charge is -2.42. The fourth-order valence-electron chi connectivity index (χ4n) is 3.51. The van der Waals surface area contributed by atoms with Gasteiger partial charge in [-0.2, -0.15) is 0 Å². The Morgan fingerprint density at radius 3 is 2.64 bits per heavy atom. The Morgan fingerprint density at radius 1 is 1.27 bits per heavy atom. The number of methoxy groups -OCH3 is 1. The van der Waals surface area contributed by atoms with Crippen LogP contribution in [0.5, 0.6) is 5.75 Å². The maximum atomic E-state index is 11.0. The largest absolute Gasteiger partial charge is 0.497 e. The van der Waals surface area contributed by atoms with Crippen LogP contribution < -0.4 is 4.74 Å². The molecule has 1 aromatic carbocycles. The number of hydrogen-bond acceptors (Lipinski definition) is 4. The SMILES string of the molecule is COc1ccc2c(c1)CCC(O)C2N1CCN(C(=O)O)CC1. The van der Waals surface area contributed by atoms with Crippen molar-refractivity contribution in [2.75, 3.05) is 33.3 Å². The Bertz CT molecular complexity index is 555. The molecule has 22 heavy (non-hydrogen) atoms. The summed E-state index contributed by atoms with van der Waals surface area (Å²) in [5.41, 5.74) is 2.36. The van der Waals surface area contributed by atoms with Crippen LogP contribution in [0.15, 0.2) is 18.2 Å². The van der Waals surface area contributed by atoms with E-state index in [4.69, 9.17) is 9.84 Å². The first-order valence-corrected chi connectivity index (χ1v) is 7.67. The van der Waals surface area contributed by atoms with E-state index in [0.717, 1.165) is 24.2 Å². The lowest BCUT2D eigenvalue weighted by Crippen LogP contribution is -2.52. The zero-order chi connectivity index (χ0) is 15.7. The zero-order valence-electron chi connectivity index (χ0n) is 12.7. The van der Waals surface area contributed by atoms with Gasteiger partial charge in [-0.25, -0.2) is 4.79 Å². The number of nitrogens with zero attached hydrogens (tertiary/aromatic N) is 2. The number of benzene rings is 1. The van der Waals surface area contributed by atoms with Crippen LogP contribution in [0.2, 0.25) is 0 Å². The van der Waals surface area contributed by atoms with Crippen molar-refractivity contribution in [1.82, 2.24) is 9.80 Å². The number of carboxylic acid groups (broad SMARTS) is 1. The summed E-state index contributed by atoms with van der Waals surface area (Å²) in [6.45, 7) is 2.28. The molecule has 0 aromatic heterocycles. The summed E-state index contributed by atoms with van der Waals surface area (Å²) < 4.78 is 5.28. The minimum Gasteiger partial charge on any atom is -0.497 e. The van der Waals surface area contributed by atoms with Crippen molar-refractivity contribution in [3.05, 3.63) is 29.3 Å². The van der Waals surface area contributed by atoms with Gasteiger partial charge in [-0.15, -0.1) is 0 Å². The van der Waals surface area contributed by atoms with Gasteiger partial charge in [-0.05, 0) is 36.1 Å². The molecule has 2 atom stereocenters. The summed E-state index contributed by atoms with van der Waals surface area (Å²) in [6.07, 6.45) is 0.301. The average Bonchev–Trinajstić information content (AvgIpc) is 2.54. The van der Waals surface area contributed by atoms with Gasteiger partial charge in [0.15, 0.2) is 0 Å². The van der Waals surface area contributed by atoms with E-state index in [-0.39, 0.29) is 6.04 Å². The van der Waals surface area contributed by atoms with E-state index in [1.54, 1.807) is 7.11 Å². The molecule has 1 aliphatic carbocycles. The fraction of sp³-hybridized carbons (Fsp3) is 0.562. The van der Waals surface area contributed by atoms with Gasteiger partial charge in [0, 0.05) is 26.2 Å². The highest BCUT2D eigenvalue weighted by Gasteiger charge is 2.35. The topological polar surface area (TPSA) is 73.2 Å². The second-order valence-electron chi connectivity index (χ2n) is 5.92. The molecule has 2 aliphatic rings. The Hall–Kier alpha value is -1.79. The highest BCUT2D eigenvalue weighted by atomic mass is 16.5. The van der Waals surface area contributed by atoms with E-state index in [9.17, 15) is 9.90 Å². The number of aryl methyl sites for hydroxylation is 1. The van der Waals surface area contributed by atoms with Crippen LogP contribution in [0.25, 0.3) is 0 Å². The van der Waals surface area contributed by atoms with Gasteiger partial charge in [0.1, 0.15) is 5.75 Å². The van der Waals surface area contributed by atoms with Crippen LogP contribution in [0.4, 0.5) is 4.79 Å². The van der Waals surface area contributed by atoms with Gasteiger partial charge >= 0.3 is 6.09 Å². The molecule has 0 spiro atoms. The molecule has 0 saturated carbocycles. The molecule has 1 heterocycles. The van der Waals surface area contributed by atoms with Gasteiger partial charge in [0.2, 0.25) is 0 Å². The fourth-order valence-corrected chi connectivity index (χ4v) is 3.51. The molecule has 6 nitrogen and oxygen atoms in total.